The highest BCUT2D eigenvalue weighted by Crippen LogP contribution is 2.38. The van der Waals surface area contributed by atoms with Crippen molar-refractivity contribution in [3.8, 4) is 34.4 Å². The van der Waals surface area contributed by atoms with Gasteiger partial charge in [0.15, 0.2) is 34.5 Å². The van der Waals surface area contributed by atoms with Crippen molar-refractivity contribution in [3.05, 3.63) is 100 Å². The monoisotopic (exact) mass is 723 g/mol. The van der Waals surface area contributed by atoms with Crippen LogP contribution in [0.3, 0.4) is 0 Å². The minimum Gasteiger partial charge on any atom is -0.493 e. The van der Waals surface area contributed by atoms with Crippen LogP contribution in [0.5, 0.6) is 28.7 Å². The number of pyridine rings is 1. The van der Waals surface area contributed by atoms with Gasteiger partial charge in [-0.25, -0.2) is 4.39 Å². The summed E-state index contributed by atoms with van der Waals surface area (Å²) in [5.41, 5.74) is -0.746. The highest BCUT2D eigenvalue weighted by Gasteiger charge is 2.32. The van der Waals surface area contributed by atoms with Gasteiger partial charge in [-0.15, -0.1) is 13.2 Å². The topological polar surface area (TPSA) is 126 Å². The second-order valence-corrected chi connectivity index (χ2v) is 11.6. The Morgan fingerprint density at radius 3 is 2.50 bits per heavy atom. The Labute approximate surface area is 294 Å². The molecule has 3 aromatic carbocycles. The first-order valence-electron chi connectivity index (χ1n) is 16.1. The van der Waals surface area contributed by atoms with E-state index in [1.54, 1.807) is 18.2 Å². The van der Waals surface area contributed by atoms with E-state index in [9.17, 15) is 22.8 Å². The number of ether oxygens (including phenoxy) is 5. The Morgan fingerprint density at radius 2 is 1.75 bits per heavy atom. The van der Waals surface area contributed by atoms with E-state index in [-0.39, 0.29) is 34.1 Å². The van der Waals surface area contributed by atoms with Crippen molar-refractivity contribution in [1.29, 1.82) is 0 Å². The molecule has 16 heteroatoms. The van der Waals surface area contributed by atoms with Crippen LogP contribution in [-0.2, 0) is 4.74 Å². The molecule has 12 nitrogen and oxygen atoms in total. The lowest BCUT2D eigenvalue weighted by Crippen LogP contribution is -2.37. The van der Waals surface area contributed by atoms with Crippen LogP contribution in [0.25, 0.3) is 16.6 Å². The van der Waals surface area contributed by atoms with Crippen LogP contribution in [0.4, 0.5) is 23.2 Å². The van der Waals surface area contributed by atoms with Crippen molar-refractivity contribution in [1.82, 2.24) is 19.7 Å². The number of hydrogen-bond donors (Lipinski definition) is 1. The van der Waals surface area contributed by atoms with Crippen molar-refractivity contribution in [2.45, 2.75) is 19.7 Å². The number of nitrogens with zero attached hydrogens (tertiary/aromatic N) is 4. The lowest BCUT2D eigenvalue weighted by Gasteiger charge is -2.26. The number of para-hydroxylation sites is 2. The molecule has 0 unspecified atom stereocenters. The van der Waals surface area contributed by atoms with Crippen LogP contribution < -0.4 is 29.8 Å². The number of anilines is 1. The zero-order valence-electron chi connectivity index (χ0n) is 28.0. The molecule has 1 fully saturated rings. The fourth-order valence-electron chi connectivity index (χ4n) is 5.54. The zero-order valence-corrected chi connectivity index (χ0v) is 28.0. The summed E-state index contributed by atoms with van der Waals surface area (Å²) in [6.45, 7) is 6.02. The molecule has 6 rings (SSSR count). The summed E-state index contributed by atoms with van der Waals surface area (Å²) in [6.07, 6.45) is -2.71. The Balaban J connectivity index is 1.16. The number of hydrogen-bond acceptors (Lipinski definition) is 10. The smallest absolute Gasteiger partial charge is 0.493 e. The number of nitrogens with one attached hydrogen (secondary N) is 1. The first-order valence-corrected chi connectivity index (χ1v) is 16.1. The molecule has 5 aromatic rings. The molecule has 1 amide bonds. The Hall–Kier alpha value is -5.74. The molecule has 1 aliphatic rings. The minimum absolute atomic E-state index is 0.0197. The number of carbonyl (C=O) groups is 1. The van der Waals surface area contributed by atoms with E-state index in [4.69, 9.17) is 18.9 Å². The molecular weight excluding hydrogens is 690 g/mol. The van der Waals surface area contributed by atoms with Gasteiger partial charge in [-0.2, -0.15) is 9.78 Å². The lowest BCUT2D eigenvalue weighted by molar-refractivity contribution is -0.274. The molecule has 52 heavy (non-hydrogen) atoms. The van der Waals surface area contributed by atoms with Crippen molar-refractivity contribution in [3.63, 3.8) is 0 Å². The Bertz CT molecular complexity index is 2140. The summed E-state index contributed by atoms with van der Waals surface area (Å²) in [4.78, 5) is 32.7. The van der Waals surface area contributed by atoms with Gasteiger partial charge in [-0.1, -0.05) is 12.1 Å². The van der Waals surface area contributed by atoms with Crippen molar-refractivity contribution in [2.24, 2.45) is 0 Å². The zero-order chi connectivity index (χ0) is 36.8. The van der Waals surface area contributed by atoms with E-state index in [2.05, 4.69) is 25.0 Å². The molecule has 1 saturated heterocycles. The number of rotatable bonds is 12. The molecule has 0 saturated carbocycles. The number of aryl methyl sites for hydroxylation is 1. The summed E-state index contributed by atoms with van der Waals surface area (Å²) in [6, 6.07) is 14.6. The van der Waals surface area contributed by atoms with Gasteiger partial charge in [0.25, 0.3) is 11.5 Å². The summed E-state index contributed by atoms with van der Waals surface area (Å²) >= 11 is 0. The Morgan fingerprint density at radius 1 is 0.962 bits per heavy atom. The van der Waals surface area contributed by atoms with E-state index in [1.807, 2.05) is 0 Å². The molecule has 0 atom stereocenters. The SMILES string of the molecule is COc1cc2c(Oc3ccc(NC(=O)c4nn(-c5ccccc5OC(F)(F)F)c(=O)cc4C)cc3F)ccnc2cc1OCCCN1CCOCC1. The predicted molar refractivity (Wildman–Crippen MR) is 181 cm³/mol. The maximum absolute atomic E-state index is 15.4. The van der Waals surface area contributed by atoms with Gasteiger partial charge in [0.05, 0.1) is 32.4 Å². The highest BCUT2D eigenvalue weighted by atomic mass is 19.4. The van der Waals surface area contributed by atoms with Crippen molar-refractivity contribution in [2.75, 3.05) is 51.9 Å². The third-order valence-corrected chi connectivity index (χ3v) is 8.03. The highest BCUT2D eigenvalue weighted by molar-refractivity contribution is 6.03. The number of morpholine rings is 1. The molecule has 272 valence electrons. The first-order chi connectivity index (χ1) is 25.0. The van der Waals surface area contributed by atoms with Gasteiger partial charge < -0.3 is 29.0 Å². The molecule has 0 radical (unpaired) electrons. The third kappa shape index (κ3) is 8.58. The van der Waals surface area contributed by atoms with Crippen LogP contribution in [0.15, 0.2) is 77.7 Å². The predicted octanol–water partition coefficient (Wildman–Crippen LogP) is 6.28. The quantitative estimate of drug-likeness (QED) is 0.116. The first kappa shape index (κ1) is 36.1. The maximum atomic E-state index is 15.4. The largest absolute Gasteiger partial charge is 0.573 e. The van der Waals surface area contributed by atoms with Crippen LogP contribution >= 0.6 is 0 Å². The molecule has 0 bridgehead atoms. The minimum atomic E-state index is -5.04. The molecule has 3 heterocycles. The van der Waals surface area contributed by atoms with E-state index in [0.717, 1.165) is 57.5 Å². The summed E-state index contributed by atoms with van der Waals surface area (Å²) < 4.78 is 81.9. The van der Waals surface area contributed by atoms with Crippen LogP contribution in [0, 0.1) is 12.7 Å². The number of benzene rings is 3. The summed E-state index contributed by atoms with van der Waals surface area (Å²) in [7, 11) is 1.51. The fourth-order valence-corrected chi connectivity index (χ4v) is 5.54. The number of alkyl halides is 3. The van der Waals surface area contributed by atoms with Gasteiger partial charge in [-0.05, 0) is 55.3 Å². The lowest BCUT2D eigenvalue weighted by atomic mass is 10.1. The number of fused-ring (bicyclic) bond motifs is 1. The summed E-state index contributed by atoms with van der Waals surface area (Å²) in [5.74, 6) is -1.27. The van der Waals surface area contributed by atoms with Gasteiger partial charge in [0.1, 0.15) is 11.4 Å². The van der Waals surface area contributed by atoms with E-state index in [1.165, 1.54) is 50.6 Å². The molecular formula is C36H33F4N5O7. The van der Waals surface area contributed by atoms with Gasteiger partial charge in [0, 0.05) is 55.1 Å². The van der Waals surface area contributed by atoms with Crippen LogP contribution in [0.1, 0.15) is 22.5 Å². The van der Waals surface area contributed by atoms with Crippen molar-refractivity contribution >= 4 is 22.5 Å². The molecule has 1 aliphatic heterocycles. The van der Waals surface area contributed by atoms with Gasteiger partial charge >= 0.3 is 6.36 Å². The number of aromatic nitrogens is 3. The number of carbonyl (C=O) groups excluding carboxylic acids is 1. The standard InChI is InChI=1S/C36H33F4N5O7/c1-22-18-33(46)45(27-6-3-4-7-30(27)52-36(38,39)40)43-34(22)35(47)42-23-8-9-29(25(37)19-23)51-28-10-11-41-26-21-32(31(48-2)20-24(26)28)50-15-5-12-44-13-16-49-17-14-44/h3-4,6-11,18-21H,5,12-17H2,1-2H3,(H,42,47). The number of amides is 1. The average Bonchev–Trinajstić information content (AvgIpc) is 3.11. The van der Waals surface area contributed by atoms with Gasteiger partial charge in [0.2, 0.25) is 0 Å². The number of halogens is 4. The second kappa shape index (κ2) is 15.7. The van der Waals surface area contributed by atoms with E-state index in [0.29, 0.717) is 33.7 Å². The average molecular weight is 724 g/mol. The Kier molecular flexibility index (Phi) is 10.9. The molecule has 0 aliphatic carbocycles. The second-order valence-electron chi connectivity index (χ2n) is 11.6. The van der Waals surface area contributed by atoms with Crippen LogP contribution in [0.2, 0.25) is 0 Å². The van der Waals surface area contributed by atoms with E-state index < -0.39 is 29.4 Å². The summed E-state index contributed by atoms with van der Waals surface area (Å²) in [5, 5.41) is 7.05. The number of methoxy groups -OCH3 is 1. The molecule has 1 N–H and O–H groups in total. The van der Waals surface area contributed by atoms with Crippen molar-refractivity contribution < 1.29 is 46.0 Å². The van der Waals surface area contributed by atoms with Gasteiger partial charge in [-0.3, -0.25) is 19.5 Å². The van der Waals surface area contributed by atoms with E-state index >= 15 is 4.39 Å². The molecule has 0 spiro atoms. The third-order valence-electron chi connectivity index (χ3n) is 8.03. The van der Waals surface area contributed by atoms with Crippen LogP contribution in [-0.4, -0.2) is 78.5 Å². The normalized spacial score (nSPS) is 13.5. The maximum Gasteiger partial charge on any atom is 0.573 e. The fraction of sp³-hybridized carbons (Fsp3) is 0.278. The molecule has 2 aromatic heterocycles.